The molecule has 1 aliphatic heterocycles. The monoisotopic (exact) mass is 333 g/mol. The fourth-order valence-corrected chi connectivity index (χ4v) is 3.66. The number of benzene rings is 1. The smallest absolute Gasteiger partial charge is 0.265 e. The summed E-state index contributed by atoms with van der Waals surface area (Å²) in [6.45, 7) is 4.37. The highest BCUT2D eigenvalue weighted by molar-refractivity contribution is 6.08. The average molecular weight is 333 g/mol. The molecule has 0 fully saturated rings. The van der Waals surface area contributed by atoms with Crippen LogP contribution in [0.4, 0.5) is 5.69 Å². The quantitative estimate of drug-likeness (QED) is 0.724. The first-order chi connectivity index (χ1) is 12.1. The Morgan fingerprint density at radius 2 is 2.04 bits per heavy atom. The van der Waals surface area contributed by atoms with E-state index >= 15 is 0 Å². The number of pyridine rings is 2. The van der Waals surface area contributed by atoms with E-state index in [0.717, 1.165) is 23.1 Å². The minimum atomic E-state index is -0.282. The summed E-state index contributed by atoms with van der Waals surface area (Å²) in [7, 11) is 0. The molecule has 5 nitrogen and oxygen atoms in total. The third-order valence-electron chi connectivity index (χ3n) is 4.82. The fraction of sp³-hybridized carbons (Fsp3) is 0.250. The van der Waals surface area contributed by atoms with Crippen LogP contribution in [-0.4, -0.2) is 21.5 Å². The van der Waals surface area contributed by atoms with Gasteiger partial charge < -0.3 is 4.90 Å². The lowest BCUT2D eigenvalue weighted by Gasteiger charge is -2.23. The number of carbonyl (C=O) groups excluding carboxylic acids is 1. The predicted octanol–water partition coefficient (Wildman–Crippen LogP) is 3.01. The third kappa shape index (κ3) is 2.35. The van der Waals surface area contributed by atoms with E-state index in [0.29, 0.717) is 12.2 Å². The zero-order chi connectivity index (χ0) is 17.6. The number of hydrogen-bond acceptors (Lipinski definition) is 3. The summed E-state index contributed by atoms with van der Waals surface area (Å²) in [5.74, 6) is -0.240. The molecule has 2 aromatic heterocycles. The van der Waals surface area contributed by atoms with Gasteiger partial charge in [-0.2, -0.15) is 0 Å². The number of hydrogen-bond donors (Lipinski definition) is 0. The number of para-hydroxylation sites is 1. The Kier molecular flexibility index (Phi) is 3.64. The zero-order valence-corrected chi connectivity index (χ0v) is 14.3. The molecule has 1 atom stereocenters. The topological polar surface area (TPSA) is 55.2 Å². The third-order valence-corrected chi connectivity index (χ3v) is 4.82. The average Bonchev–Trinajstić information content (AvgIpc) is 2.96. The van der Waals surface area contributed by atoms with E-state index in [2.05, 4.69) is 4.98 Å². The van der Waals surface area contributed by atoms with Crippen molar-refractivity contribution in [2.45, 2.75) is 32.9 Å². The number of rotatable bonds is 2. The van der Waals surface area contributed by atoms with E-state index in [-0.39, 0.29) is 23.1 Å². The summed E-state index contributed by atoms with van der Waals surface area (Å²) < 4.78 is 1.56. The van der Waals surface area contributed by atoms with Crippen LogP contribution in [0.25, 0.3) is 11.0 Å². The van der Waals surface area contributed by atoms with Gasteiger partial charge in [-0.25, -0.2) is 4.98 Å². The molecule has 1 amide bonds. The molecule has 3 heterocycles. The molecule has 0 saturated heterocycles. The number of anilines is 1. The fourth-order valence-electron chi connectivity index (χ4n) is 3.66. The number of aromatic nitrogens is 2. The minimum Gasteiger partial charge on any atom is -0.305 e. The predicted molar refractivity (Wildman–Crippen MR) is 98.1 cm³/mol. The Balaban J connectivity index is 1.89. The lowest BCUT2D eigenvalue weighted by atomic mass is 10.1. The van der Waals surface area contributed by atoms with E-state index in [1.165, 1.54) is 0 Å². The molecule has 0 unspecified atom stereocenters. The molecule has 0 radical (unpaired) electrons. The Morgan fingerprint density at radius 3 is 2.84 bits per heavy atom. The van der Waals surface area contributed by atoms with Crippen LogP contribution in [0.5, 0.6) is 0 Å². The van der Waals surface area contributed by atoms with Gasteiger partial charge in [0.05, 0.1) is 0 Å². The number of aryl methyl sites for hydroxylation is 1. The Morgan fingerprint density at radius 1 is 1.24 bits per heavy atom. The Bertz CT molecular complexity index is 1040. The molecular weight excluding hydrogens is 314 g/mol. The number of carbonyl (C=O) groups is 1. The van der Waals surface area contributed by atoms with Gasteiger partial charge in [0.15, 0.2) is 0 Å². The van der Waals surface area contributed by atoms with Crippen molar-refractivity contribution in [2.24, 2.45) is 0 Å². The summed E-state index contributed by atoms with van der Waals surface area (Å²) >= 11 is 0. The summed E-state index contributed by atoms with van der Waals surface area (Å²) in [5.41, 5.74) is 2.57. The number of fused-ring (bicyclic) bond motifs is 2. The van der Waals surface area contributed by atoms with Crippen molar-refractivity contribution in [1.29, 1.82) is 0 Å². The first-order valence-electron chi connectivity index (χ1n) is 8.52. The van der Waals surface area contributed by atoms with Crippen molar-refractivity contribution in [3.8, 4) is 0 Å². The van der Waals surface area contributed by atoms with Gasteiger partial charge in [-0.05, 0) is 50.1 Å². The van der Waals surface area contributed by atoms with Gasteiger partial charge in [0.1, 0.15) is 11.2 Å². The van der Waals surface area contributed by atoms with Gasteiger partial charge >= 0.3 is 0 Å². The molecule has 126 valence electrons. The molecule has 5 heteroatoms. The van der Waals surface area contributed by atoms with Gasteiger partial charge in [-0.3, -0.25) is 14.2 Å². The lowest BCUT2D eigenvalue weighted by molar-refractivity contribution is 0.0979. The second-order valence-corrected chi connectivity index (χ2v) is 6.38. The van der Waals surface area contributed by atoms with Crippen LogP contribution in [0.3, 0.4) is 0 Å². The highest BCUT2D eigenvalue weighted by atomic mass is 16.2. The van der Waals surface area contributed by atoms with Gasteiger partial charge in [0.25, 0.3) is 11.5 Å². The first-order valence-corrected chi connectivity index (χ1v) is 8.52. The van der Waals surface area contributed by atoms with E-state index in [4.69, 9.17) is 0 Å². The largest absolute Gasteiger partial charge is 0.305 e. The van der Waals surface area contributed by atoms with Crippen molar-refractivity contribution in [3.05, 3.63) is 70.1 Å². The summed E-state index contributed by atoms with van der Waals surface area (Å²) in [4.78, 5) is 32.2. The number of amides is 1. The molecule has 0 bridgehead atoms. The molecule has 4 rings (SSSR count). The van der Waals surface area contributed by atoms with Crippen LogP contribution < -0.4 is 10.5 Å². The van der Waals surface area contributed by atoms with E-state index in [1.54, 1.807) is 21.7 Å². The van der Waals surface area contributed by atoms with Crippen LogP contribution in [0.2, 0.25) is 0 Å². The van der Waals surface area contributed by atoms with Gasteiger partial charge in [0.2, 0.25) is 0 Å². The highest BCUT2D eigenvalue weighted by Gasteiger charge is 2.32. The second kappa shape index (κ2) is 5.84. The van der Waals surface area contributed by atoms with Crippen molar-refractivity contribution in [3.63, 3.8) is 0 Å². The maximum atomic E-state index is 13.2. The second-order valence-electron chi connectivity index (χ2n) is 6.38. The van der Waals surface area contributed by atoms with Crippen molar-refractivity contribution >= 4 is 22.6 Å². The Labute approximate surface area is 145 Å². The van der Waals surface area contributed by atoms with Crippen LogP contribution in [0.1, 0.15) is 29.8 Å². The molecule has 25 heavy (non-hydrogen) atoms. The zero-order valence-electron chi connectivity index (χ0n) is 14.3. The standard InChI is InChI=1S/C20H19N3O2/c1-3-22-18-15(8-6-10-21-18)12-16(19(22)24)20(25)23-13(2)11-14-7-4-5-9-17(14)23/h4-10,12-13H,3,11H2,1-2H3/t13-/m0/s1. The Hall–Kier alpha value is -2.95. The SMILES string of the molecule is CCn1c(=O)c(C(=O)N2c3ccccc3C[C@@H]2C)cc2cccnc21. The van der Waals surface area contributed by atoms with Gasteiger partial charge in [0, 0.05) is 29.9 Å². The molecule has 0 spiro atoms. The van der Waals surface area contributed by atoms with Crippen LogP contribution in [0.15, 0.2) is 53.5 Å². The molecular formula is C20H19N3O2. The summed E-state index contributed by atoms with van der Waals surface area (Å²) in [6.07, 6.45) is 2.47. The van der Waals surface area contributed by atoms with E-state index in [1.807, 2.05) is 50.2 Å². The highest BCUT2D eigenvalue weighted by Crippen LogP contribution is 2.32. The van der Waals surface area contributed by atoms with E-state index < -0.39 is 0 Å². The molecule has 0 N–H and O–H groups in total. The maximum Gasteiger partial charge on any atom is 0.265 e. The van der Waals surface area contributed by atoms with Crippen LogP contribution in [0, 0.1) is 0 Å². The summed E-state index contributed by atoms with van der Waals surface area (Å²) in [5, 5.41) is 0.799. The van der Waals surface area contributed by atoms with Gasteiger partial charge in [-0.15, -0.1) is 0 Å². The molecule has 3 aromatic rings. The molecule has 0 saturated carbocycles. The van der Waals surface area contributed by atoms with Crippen LogP contribution in [-0.2, 0) is 13.0 Å². The molecule has 1 aliphatic rings. The maximum absolute atomic E-state index is 13.2. The van der Waals surface area contributed by atoms with Crippen LogP contribution >= 0.6 is 0 Å². The lowest BCUT2D eigenvalue weighted by Crippen LogP contribution is -2.40. The molecule has 1 aromatic carbocycles. The van der Waals surface area contributed by atoms with Crippen molar-refractivity contribution in [1.82, 2.24) is 9.55 Å². The van der Waals surface area contributed by atoms with Crippen molar-refractivity contribution < 1.29 is 4.79 Å². The first kappa shape index (κ1) is 15.6. The normalized spacial score (nSPS) is 16.2. The van der Waals surface area contributed by atoms with Gasteiger partial charge in [-0.1, -0.05) is 18.2 Å². The number of nitrogens with zero attached hydrogens (tertiary/aromatic N) is 3. The minimum absolute atomic E-state index is 0.0315. The van der Waals surface area contributed by atoms with E-state index in [9.17, 15) is 9.59 Å². The molecule has 0 aliphatic carbocycles. The summed E-state index contributed by atoms with van der Waals surface area (Å²) in [6, 6.07) is 13.3. The van der Waals surface area contributed by atoms with Crippen molar-refractivity contribution in [2.75, 3.05) is 4.90 Å².